The van der Waals surface area contributed by atoms with E-state index in [0.717, 1.165) is 23.0 Å². The van der Waals surface area contributed by atoms with Crippen molar-refractivity contribution in [3.05, 3.63) is 83.6 Å². The van der Waals surface area contributed by atoms with E-state index in [9.17, 15) is 9.18 Å². The van der Waals surface area contributed by atoms with E-state index < -0.39 is 5.82 Å². The van der Waals surface area contributed by atoms with E-state index in [1.807, 2.05) is 36.4 Å². The highest BCUT2D eigenvalue weighted by Crippen LogP contribution is 2.16. The SMILES string of the molecule is Nc1ncccc1NCc1cccc(CC(=O)c2ccc(F)cn2)c1. The third-order valence-electron chi connectivity index (χ3n) is 3.69. The number of nitrogens with one attached hydrogen (secondary N) is 1. The highest BCUT2D eigenvalue weighted by molar-refractivity contribution is 5.95. The maximum Gasteiger partial charge on any atom is 0.185 e. The molecule has 0 spiro atoms. The van der Waals surface area contributed by atoms with Gasteiger partial charge in [0.15, 0.2) is 5.78 Å². The molecule has 1 aromatic carbocycles. The van der Waals surface area contributed by atoms with Crippen molar-refractivity contribution in [2.24, 2.45) is 0 Å². The van der Waals surface area contributed by atoms with Crippen LogP contribution in [0.3, 0.4) is 0 Å². The number of anilines is 2. The number of pyridine rings is 2. The number of ketones is 1. The Bertz CT molecular complexity index is 881. The monoisotopic (exact) mass is 336 g/mol. The fourth-order valence-corrected chi connectivity index (χ4v) is 2.43. The Morgan fingerprint density at radius 2 is 1.92 bits per heavy atom. The summed E-state index contributed by atoms with van der Waals surface area (Å²) in [4.78, 5) is 20.1. The zero-order valence-electron chi connectivity index (χ0n) is 13.4. The van der Waals surface area contributed by atoms with Gasteiger partial charge in [-0.2, -0.15) is 0 Å². The number of hydrogen-bond acceptors (Lipinski definition) is 5. The van der Waals surface area contributed by atoms with Gasteiger partial charge in [0.1, 0.15) is 17.3 Å². The molecule has 0 aliphatic rings. The van der Waals surface area contributed by atoms with E-state index in [0.29, 0.717) is 12.4 Å². The van der Waals surface area contributed by atoms with E-state index in [1.54, 1.807) is 6.20 Å². The minimum absolute atomic E-state index is 0.151. The van der Waals surface area contributed by atoms with Crippen LogP contribution < -0.4 is 11.1 Å². The first kappa shape index (κ1) is 16.6. The maximum absolute atomic E-state index is 12.9. The van der Waals surface area contributed by atoms with Crippen LogP contribution >= 0.6 is 0 Å². The van der Waals surface area contributed by atoms with Gasteiger partial charge >= 0.3 is 0 Å². The van der Waals surface area contributed by atoms with Gasteiger partial charge < -0.3 is 11.1 Å². The smallest absolute Gasteiger partial charge is 0.185 e. The largest absolute Gasteiger partial charge is 0.382 e. The molecule has 2 heterocycles. The van der Waals surface area contributed by atoms with E-state index in [2.05, 4.69) is 15.3 Å². The van der Waals surface area contributed by atoms with Gasteiger partial charge in [0.25, 0.3) is 0 Å². The Kier molecular flexibility index (Phi) is 4.99. The maximum atomic E-state index is 12.9. The van der Waals surface area contributed by atoms with Crippen LogP contribution in [0.1, 0.15) is 21.6 Å². The highest BCUT2D eigenvalue weighted by atomic mass is 19.1. The Morgan fingerprint density at radius 1 is 1.08 bits per heavy atom. The number of carbonyl (C=O) groups excluding carboxylic acids is 1. The van der Waals surface area contributed by atoms with Crippen LogP contribution in [0.15, 0.2) is 60.9 Å². The Hall–Kier alpha value is -3.28. The number of carbonyl (C=O) groups is 1. The average Bonchev–Trinajstić information content (AvgIpc) is 2.62. The minimum atomic E-state index is -0.459. The fourth-order valence-electron chi connectivity index (χ4n) is 2.43. The summed E-state index contributed by atoms with van der Waals surface area (Å²) >= 11 is 0. The van der Waals surface area contributed by atoms with Gasteiger partial charge in [-0.1, -0.05) is 24.3 Å². The van der Waals surface area contributed by atoms with Crippen molar-refractivity contribution >= 4 is 17.3 Å². The molecule has 0 fully saturated rings. The van der Waals surface area contributed by atoms with Crippen molar-refractivity contribution in [3.8, 4) is 0 Å². The summed E-state index contributed by atoms with van der Waals surface area (Å²) in [5, 5.41) is 3.22. The highest BCUT2D eigenvalue weighted by Gasteiger charge is 2.09. The van der Waals surface area contributed by atoms with E-state index in [1.165, 1.54) is 12.1 Å². The van der Waals surface area contributed by atoms with Crippen molar-refractivity contribution in [1.29, 1.82) is 0 Å². The molecule has 0 amide bonds. The summed E-state index contributed by atoms with van der Waals surface area (Å²) in [5.41, 5.74) is 8.71. The number of nitrogens with zero attached hydrogens (tertiary/aromatic N) is 2. The van der Waals surface area contributed by atoms with Crippen molar-refractivity contribution in [2.45, 2.75) is 13.0 Å². The van der Waals surface area contributed by atoms with Gasteiger partial charge in [-0.15, -0.1) is 0 Å². The standard InChI is InChI=1S/C19H17FN4O/c20-15-6-7-16(24-12-15)18(25)10-13-3-1-4-14(9-13)11-23-17-5-2-8-22-19(17)21/h1-9,12,23H,10-11H2,(H2,21,22). The molecule has 2 aromatic heterocycles. The van der Waals surface area contributed by atoms with Crippen LogP contribution in [0.2, 0.25) is 0 Å². The molecule has 6 heteroatoms. The number of benzene rings is 1. The molecule has 0 unspecified atom stereocenters. The summed E-state index contributed by atoms with van der Waals surface area (Å²) in [7, 11) is 0. The molecule has 5 nitrogen and oxygen atoms in total. The zero-order chi connectivity index (χ0) is 17.6. The fraction of sp³-hybridized carbons (Fsp3) is 0.105. The Labute approximate surface area is 144 Å². The number of nitrogen functional groups attached to an aromatic ring is 1. The first-order chi connectivity index (χ1) is 12.1. The summed E-state index contributed by atoms with van der Waals surface area (Å²) < 4.78 is 12.9. The minimum Gasteiger partial charge on any atom is -0.382 e. The number of halogens is 1. The number of Topliss-reactive ketones (excluding diaryl/α,β-unsaturated/α-hetero) is 1. The van der Waals surface area contributed by atoms with Crippen molar-refractivity contribution < 1.29 is 9.18 Å². The molecule has 126 valence electrons. The average molecular weight is 336 g/mol. The van der Waals surface area contributed by atoms with Gasteiger partial charge in [0, 0.05) is 19.2 Å². The second kappa shape index (κ2) is 7.53. The van der Waals surface area contributed by atoms with Crippen LogP contribution in [0.4, 0.5) is 15.9 Å². The van der Waals surface area contributed by atoms with E-state index in [4.69, 9.17) is 5.73 Å². The predicted molar refractivity (Wildman–Crippen MR) is 94.6 cm³/mol. The third kappa shape index (κ3) is 4.38. The van der Waals surface area contributed by atoms with Crippen LogP contribution in [0, 0.1) is 5.82 Å². The molecule has 0 bridgehead atoms. The summed E-state index contributed by atoms with van der Waals surface area (Å²) in [6, 6.07) is 14.0. The van der Waals surface area contributed by atoms with Crippen LogP contribution in [-0.2, 0) is 13.0 Å². The van der Waals surface area contributed by atoms with Crippen molar-refractivity contribution in [3.63, 3.8) is 0 Å². The summed E-state index contributed by atoms with van der Waals surface area (Å²) in [5.74, 6) is -0.169. The molecule has 3 N–H and O–H groups in total. The lowest BCUT2D eigenvalue weighted by Crippen LogP contribution is -2.07. The topological polar surface area (TPSA) is 80.9 Å². The number of rotatable bonds is 6. The summed E-state index contributed by atoms with van der Waals surface area (Å²) in [6.07, 6.45) is 2.89. The Balaban J connectivity index is 1.66. The first-order valence-corrected chi connectivity index (χ1v) is 7.79. The Morgan fingerprint density at radius 3 is 2.68 bits per heavy atom. The number of aromatic nitrogens is 2. The quantitative estimate of drug-likeness (QED) is 0.676. The second-order valence-electron chi connectivity index (χ2n) is 5.57. The summed E-state index contributed by atoms with van der Waals surface area (Å²) in [6.45, 7) is 0.562. The molecule has 0 aliphatic heterocycles. The molecule has 3 rings (SSSR count). The van der Waals surface area contributed by atoms with Gasteiger partial charge in [-0.3, -0.25) is 9.78 Å². The molecule has 0 saturated carbocycles. The second-order valence-corrected chi connectivity index (χ2v) is 5.57. The lowest BCUT2D eigenvalue weighted by molar-refractivity contribution is 0.0988. The van der Waals surface area contributed by atoms with Gasteiger partial charge in [-0.25, -0.2) is 9.37 Å². The predicted octanol–water partition coefficient (Wildman–Crippen LogP) is 3.24. The van der Waals surface area contributed by atoms with Crippen molar-refractivity contribution in [2.75, 3.05) is 11.1 Å². The third-order valence-corrected chi connectivity index (χ3v) is 3.69. The lowest BCUT2D eigenvalue weighted by atomic mass is 10.0. The van der Waals surface area contributed by atoms with Gasteiger partial charge in [0.05, 0.1) is 11.9 Å². The molecular weight excluding hydrogens is 319 g/mol. The van der Waals surface area contributed by atoms with Crippen molar-refractivity contribution in [1.82, 2.24) is 9.97 Å². The molecular formula is C19H17FN4O. The molecule has 0 radical (unpaired) electrons. The van der Waals surface area contributed by atoms with Gasteiger partial charge in [0.2, 0.25) is 0 Å². The van der Waals surface area contributed by atoms with Gasteiger partial charge in [-0.05, 0) is 35.4 Å². The molecule has 25 heavy (non-hydrogen) atoms. The van der Waals surface area contributed by atoms with Crippen LogP contribution in [0.5, 0.6) is 0 Å². The van der Waals surface area contributed by atoms with Crippen LogP contribution in [-0.4, -0.2) is 15.8 Å². The first-order valence-electron chi connectivity index (χ1n) is 7.79. The van der Waals surface area contributed by atoms with E-state index >= 15 is 0 Å². The number of hydrogen-bond donors (Lipinski definition) is 2. The lowest BCUT2D eigenvalue weighted by Gasteiger charge is -2.09. The molecule has 0 atom stereocenters. The molecule has 3 aromatic rings. The molecule has 0 saturated heterocycles. The van der Waals surface area contributed by atoms with E-state index in [-0.39, 0.29) is 17.9 Å². The zero-order valence-corrected chi connectivity index (χ0v) is 13.4. The van der Waals surface area contributed by atoms with Crippen LogP contribution in [0.25, 0.3) is 0 Å². The molecule has 0 aliphatic carbocycles. The number of nitrogens with two attached hydrogens (primary N) is 1. The normalized spacial score (nSPS) is 10.4.